The van der Waals surface area contributed by atoms with E-state index in [9.17, 15) is 58.5 Å². The zero-order valence-electron chi connectivity index (χ0n) is 76.4. The number of aromatic amines is 3. The van der Waals surface area contributed by atoms with Gasteiger partial charge in [0.05, 0.1) is 37.8 Å². The van der Waals surface area contributed by atoms with Gasteiger partial charge in [0.1, 0.15) is 84.3 Å². The van der Waals surface area contributed by atoms with E-state index in [-0.39, 0.29) is 95.4 Å². The van der Waals surface area contributed by atoms with Crippen LogP contribution in [-0.2, 0) is 112 Å². The van der Waals surface area contributed by atoms with Crippen LogP contribution in [0.5, 0.6) is 5.75 Å². The molecule has 4 aliphatic heterocycles. The van der Waals surface area contributed by atoms with Crippen LogP contribution >= 0.6 is 11.8 Å². The Labute approximate surface area is 782 Å². The van der Waals surface area contributed by atoms with Gasteiger partial charge in [-0.2, -0.15) is 0 Å². The van der Waals surface area contributed by atoms with Crippen molar-refractivity contribution in [3.8, 4) is 5.75 Å². The van der Waals surface area contributed by atoms with Crippen molar-refractivity contribution >= 4 is 140 Å². The van der Waals surface area contributed by atoms with Crippen molar-refractivity contribution in [1.29, 1.82) is 5.41 Å². The summed E-state index contributed by atoms with van der Waals surface area (Å²) >= 11 is 0.737. The maximum Gasteiger partial charge on any atom is 0.310 e. The summed E-state index contributed by atoms with van der Waals surface area (Å²) in [6, 6.07) is -0.886. The Balaban J connectivity index is 1.02. The first kappa shape index (κ1) is 103. The number of hydrogen-bond acceptors (Lipinski definition) is 24. The van der Waals surface area contributed by atoms with Gasteiger partial charge >= 0.3 is 5.97 Å². The number of esters is 1. The van der Waals surface area contributed by atoms with E-state index in [0.29, 0.717) is 74.8 Å². The number of unbranched alkanes of at least 4 members (excludes halogenated alkanes) is 2. The van der Waals surface area contributed by atoms with Crippen LogP contribution in [-0.4, -0.2) is 323 Å². The number of nitrogens with two attached hydrogens (primary N) is 2. The summed E-state index contributed by atoms with van der Waals surface area (Å²) < 4.78 is 5.58. The number of aromatic hydroxyl groups is 1. The molecule has 0 saturated carbocycles. The van der Waals surface area contributed by atoms with Crippen LogP contribution in [0.15, 0.2) is 97.7 Å². The number of ether oxygens (including phenoxy) is 1. The minimum Gasteiger partial charge on any atom is -0.508 e. The monoisotopic (exact) mass is 1890 g/mol. The topological polar surface area (TPSA) is 645 Å². The maximum atomic E-state index is 15.8. The van der Waals surface area contributed by atoms with Gasteiger partial charge in [0.25, 0.3) is 12.1 Å². The summed E-state index contributed by atoms with van der Waals surface area (Å²) in [4.78, 5) is 270. The standard InChI is InChI=1S/C90H123N23O21S/c1-8-10-23-68-80(125)101-59(22-16-30-95-90(92)93)76(121)108-67(75(120)98-42-72(91)117)45-135-46-73(118)100-63(33-49-26-28-53(115)29-27-49)85(130)111(7)89-83(128)106-65(38-74(119)134-89)86(131)112-31-17-25-69(112)81(126)103-61(36-52-41-94-47-99-52)78(123)104-62(32-48(3)4)87(132)113-43-54(116)37-71(113)82(127)102-60(34-50-39-96-57-20-14-12-18-55(50)57)77(122)107-66(44-114)79(124)105-64(35-51-40-97-58-21-15-13-19-56(51)58)84(129)110(6)70(24-11-9-2)88(133)109(68)5/h12-15,18-21,26-29,39-41,47-48,54,59-71,89,96-97,114-116H,8-11,16-17,22-25,30-38,42-46H2,1-7H3,(H2,91,117)(H,94,99)(H,98,120)(H,100,118)(H,101,125)(H,102,127)(H,103,126)(H,104,123)(H,105,124)(H,106,128)(H,107,122)(H,108,121)(H4,92,93,95)/t54-,59+,60+,61+,62+,63+,64+,65+,66+,67+,68+,69+,70+,71+,89-/m1/s1. The number of amides is 16. The second kappa shape index (κ2) is 48.8. The first-order valence-corrected chi connectivity index (χ1v) is 46.3. The van der Waals surface area contributed by atoms with Gasteiger partial charge in [-0.1, -0.05) is 102 Å². The molecule has 3 aromatic heterocycles. The highest BCUT2D eigenvalue weighted by atomic mass is 32.2. The molecular formula is C90H123N23O21S. The Morgan fingerprint density at radius 3 is 1.76 bits per heavy atom. The fraction of sp³-hybridized carbons (Fsp3) is 0.522. The number of aliphatic hydroxyl groups is 2. The first-order valence-electron chi connectivity index (χ1n) is 45.1. The third-order valence-corrected chi connectivity index (χ3v) is 25.2. The number of para-hydroxylation sites is 2. The number of carbonyl (C=O) groups excluding carboxylic acids is 17. The van der Waals surface area contributed by atoms with Crippen LogP contribution in [0.4, 0.5) is 0 Å². The van der Waals surface area contributed by atoms with Gasteiger partial charge in [-0.25, -0.2) is 4.98 Å². The van der Waals surface area contributed by atoms with Crippen LogP contribution in [0.1, 0.15) is 134 Å². The lowest BCUT2D eigenvalue weighted by Gasteiger charge is -2.36. The van der Waals surface area contributed by atoms with E-state index in [1.807, 2.05) is 13.8 Å². The molecule has 4 aliphatic rings. The number of fused-ring (bicyclic) bond motifs is 7. The average molecular weight is 1900 g/mol. The molecule has 45 heteroatoms. The molecule has 4 saturated heterocycles. The quantitative estimate of drug-likeness (QED) is 0.0125. The van der Waals surface area contributed by atoms with Gasteiger partial charge in [0.15, 0.2) is 5.96 Å². The predicted octanol–water partition coefficient (Wildman–Crippen LogP) is -2.92. The van der Waals surface area contributed by atoms with Crippen molar-refractivity contribution in [3.05, 3.63) is 120 Å². The molecular weight excluding hydrogens is 1770 g/mol. The summed E-state index contributed by atoms with van der Waals surface area (Å²) in [6.07, 6.45) is 1.49. The number of hydrogen-bond donors (Lipinski definition) is 20. The third-order valence-electron chi connectivity index (χ3n) is 24.1. The van der Waals surface area contributed by atoms with Crippen LogP contribution in [0.2, 0.25) is 0 Å². The van der Waals surface area contributed by atoms with E-state index < -0.39 is 241 Å². The molecule has 0 spiro atoms. The number of nitrogens with one attached hydrogen (secondary N) is 15. The van der Waals surface area contributed by atoms with E-state index in [2.05, 4.69) is 78.4 Å². The van der Waals surface area contributed by atoms with Gasteiger partial charge < -0.3 is 129 Å². The molecule has 0 unspecified atom stereocenters. The lowest BCUT2D eigenvalue weighted by Crippen LogP contribution is -2.62. The Morgan fingerprint density at radius 1 is 0.578 bits per heavy atom. The number of guanidine groups is 1. The number of thioether (sulfide) groups is 1. The van der Waals surface area contributed by atoms with Crippen LogP contribution in [0.25, 0.3) is 21.8 Å². The number of aromatic nitrogens is 4. The Morgan fingerprint density at radius 2 is 1.14 bits per heavy atom. The molecule has 44 nitrogen and oxygen atoms in total. The minimum atomic E-state index is -2.11. The zero-order valence-corrected chi connectivity index (χ0v) is 77.2. The molecule has 7 heterocycles. The fourth-order valence-electron chi connectivity index (χ4n) is 16.9. The Bertz CT molecular complexity index is 5260. The SMILES string of the molecule is CCCC[C@H]1C(=O)N(C)[C@@H](CCCC)C(=O)N[C@@H](CCCNC(=N)N)C(=O)N[C@H](C(=O)NCC(N)=O)CSCC(=O)N[C@@H](Cc2ccc(O)cc2)C(=O)N(C)[C@@H]2OC(=O)C[C@H](NC2=O)C(=O)N2CCC[C@H]2C(=O)N[C@@H](Cc2cnc[nH]2)C(=O)N[C@@H](CC(C)C)C(=O)N2C[C@H](O)C[C@H]2C(=O)N[C@@H](Cc2c[nH]c3ccccc23)C(=O)N[C@@H](CO)C(=O)N[C@@H](Cc2c[nH]c3ccccc23)C(=O)N1C. The van der Waals surface area contributed by atoms with Crippen molar-refractivity contribution < 1.29 is 102 Å². The molecule has 135 heavy (non-hydrogen) atoms. The van der Waals surface area contributed by atoms with Crippen LogP contribution < -0.4 is 70.0 Å². The molecule has 3 aromatic carbocycles. The number of primary amides is 1. The summed E-state index contributed by atoms with van der Waals surface area (Å²) in [5.41, 5.74) is 14.0. The molecule has 10 rings (SSSR count). The number of H-pyrrole nitrogens is 3. The molecule has 2 bridgehead atoms. The lowest BCUT2D eigenvalue weighted by molar-refractivity contribution is -0.169. The van der Waals surface area contributed by atoms with E-state index in [4.69, 9.17) is 21.6 Å². The van der Waals surface area contributed by atoms with E-state index in [0.717, 1.165) is 38.4 Å². The number of phenols is 1. The highest BCUT2D eigenvalue weighted by Gasteiger charge is 2.48. The van der Waals surface area contributed by atoms with Crippen molar-refractivity contribution in [3.63, 3.8) is 0 Å². The summed E-state index contributed by atoms with van der Waals surface area (Å²) in [5.74, 6) is -18.6. The Kier molecular flexibility index (Phi) is 37.4. The van der Waals surface area contributed by atoms with E-state index >= 15 is 38.4 Å². The number of benzene rings is 3. The number of nitrogens with zero attached hydrogens (tertiary/aromatic N) is 6. The van der Waals surface area contributed by atoms with Gasteiger partial charge in [-0.3, -0.25) is 86.9 Å². The molecule has 730 valence electrons. The second-order valence-corrected chi connectivity index (χ2v) is 35.7. The number of rotatable bonds is 24. The van der Waals surface area contributed by atoms with E-state index in [1.54, 1.807) is 74.8 Å². The van der Waals surface area contributed by atoms with Crippen molar-refractivity contribution in [1.82, 2.24) is 103 Å². The molecule has 15 atom stereocenters. The van der Waals surface area contributed by atoms with Crippen molar-refractivity contribution in [2.24, 2.45) is 17.4 Å². The molecule has 6 aromatic rings. The zero-order chi connectivity index (χ0) is 98.0. The number of aliphatic hydroxyl groups excluding tert-OH is 2. The van der Waals surface area contributed by atoms with Gasteiger partial charge in [0.2, 0.25) is 88.6 Å². The van der Waals surface area contributed by atoms with Crippen molar-refractivity contribution in [2.45, 2.75) is 228 Å². The normalized spacial score (nSPS) is 25.2. The molecule has 0 aliphatic carbocycles. The predicted molar refractivity (Wildman–Crippen MR) is 491 cm³/mol. The summed E-state index contributed by atoms with van der Waals surface area (Å²) in [5, 5.41) is 71.0. The fourth-order valence-corrected chi connectivity index (χ4v) is 17.8. The molecule has 16 amide bonds. The average Bonchev–Trinajstić information content (AvgIpc) is 1.72. The highest BCUT2D eigenvalue weighted by molar-refractivity contribution is 8.00. The first-order chi connectivity index (χ1) is 64.4. The van der Waals surface area contributed by atoms with Crippen molar-refractivity contribution in [2.75, 3.05) is 65.4 Å². The highest BCUT2D eigenvalue weighted by Crippen LogP contribution is 2.29. The van der Waals surface area contributed by atoms with Crippen LogP contribution in [0, 0.1) is 11.3 Å². The summed E-state index contributed by atoms with van der Waals surface area (Å²) in [7, 11) is 3.76. The lowest BCUT2D eigenvalue weighted by atomic mass is 10.00. The smallest absolute Gasteiger partial charge is 0.310 e. The van der Waals surface area contributed by atoms with Gasteiger partial charge in [-0.05, 0) is 91.8 Å². The maximum absolute atomic E-state index is 15.8. The molecule has 0 radical (unpaired) electrons. The Hall–Kier alpha value is -13.7. The van der Waals surface area contributed by atoms with Gasteiger partial charge in [0, 0.05) is 125 Å². The van der Waals surface area contributed by atoms with Crippen LogP contribution in [0.3, 0.4) is 0 Å². The van der Waals surface area contributed by atoms with Gasteiger partial charge in [-0.15, -0.1) is 11.8 Å². The van der Waals surface area contributed by atoms with E-state index in [1.165, 1.54) is 50.9 Å². The molecule has 4 fully saturated rings. The largest absolute Gasteiger partial charge is 0.508 e. The summed E-state index contributed by atoms with van der Waals surface area (Å²) in [6.45, 7) is 4.74. The second-order valence-electron chi connectivity index (χ2n) is 34.7. The number of carbonyl (C=O) groups is 17. The number of likely N-dealkylation sites (N-methyl/N-ethyl adjacent to an activating group) is 3. The minimum absolute atomic E-state index is 0.00563. The number of phenolic OH excluding ortho intramolecular Hbond substituents is 1. The number of imidazole rings is 1. The molecule has 22 N–H and O–H groups in total. The third kappa shape index (κ3) is 28.0.